The van der Waals surface area contributed by atoms with E-state index in [1.165, 1.54) is 13.0 Å². The molecular weight excluding hydrogens is 390 g/mol. The van der Waals surface area contributed by atoms with Gasteiger partial charge in [0.15, 0.2) is 10.9 Å². The van der Waals surface area contributed by atoms with Crippen LogP contribution in [0.4, 0.5) is 16.6 Å². The number of carbonyl (C=O) groups excluding carboxylic acids is 3. The number of ether oxygens (including phenoxy) is 1. The summed E-state index contributed by atoms with van der Waals surface area (Å²) in [6.45, 7) is 4.91. The number of amides is 1. The largest absolute Gasteiger partial charge is 0.462 e. The predicted molar refractivity (Wildman–Crippen MR) is 105 cm³/mol. The molecule has 0 atom stereocenters. The maximum Gasteiger partial charge on any atom is 0.341 e. The third-order valence-corrected chi connectivity index (χ3v) is 5.43. The fourth-order valence-electron chi connectivity index (χ4n) is 2.21. The molecule has 0 aliphatic heterocycles. The predicted octanol–water partition coefficient (Wildman–Crippen LogP) is 2.12. The smallest absolute Gasteiger partial charge is 0.341 e. The number of carbonyl (C=O) groups is 3. The number of hydrogen-bond acceptors (Lipinski definition) is 10. The molecule has 0 radical (unpaired) electrons. The zero-order valence-corrected chi connectivity index (χ0v) is 16.6. The summed E-state index contributed by atoms with van der Waals surface area (Å²) in [5, 5.41) is 3.19. The number of Topliss-reactive ketones (excluding diaryl/α,β-unsaturated/α-hetero) is 1. The average Bonchev–Trinajstić information content (AvgIpc) is 2.89. The van der Waals surface area contributed by atoms with E-state index in [1.54, 1.807) is 13.8 Å². The third-order valence-electron chi connectivity index (χ3n) is 3.28. The third kappa shape index (κ3) is 5.17. The summed E-state index contributed by atoms with van der Waals surface area (Å²) in [4.78, 5) is 44.7. The van der Waals surface area contributed by atoms with Crippen LogP contribution in [0.2, 0.25) is 0 Å². The van der Waals surface area contributed by atoms with Crippen molar-refractivity contribution in [1.82, 2.24) is 9.97 Å². The summed E-state index contributed by atoms with van der Waals surface area (Å²) in [6.07, 6.45) is 0. The van der Waals surface area contributed by atoms with E-state index in [0.29, 0.717) is 10.4 Å². The molecule has 2 aromatic heterocycles. The van der Waals surface area contributed by atoms with Gasteiger partial charge in [0, 0.05) is 6.07 Å². The molecule has 2 aromatic rings. The Morgan fingerprint density at radius 1 is 1.26 bits per heavy atom. The van der Waals surface area contributed by atoms with Crippen LogP contribution >= 0.6 is 23.1 Å². The highest BCUT2D eigenvalue weighted by Crippen LogP contribution is 2.34. The molecule has 2 rings (SSSR count). The maximum absolute atomic E-state index is 12.3. The van der Waals surface area contributed by atoms with E-state index in [-0.39, 0.29) is 45.5 Å². The van der Waals surface area contributed by atoms with Crippen molar-refractivity contribution < 1.29 is 19.1 Å². The van der Waals surface area contributed by atoms with Crippen molar-refractivity contribution in [3.05, 3.63) is 22.1 Å². The van der Waals surface area contributed by atoms with Crippen molar-refractivity contribution in [2.45, 2.75) is 25.9 Å². The number of nitrogens with one attached hydrogen (secondary N) is 1. The van der Waals surface area contributed by atoms with Crippen LogP contribution in [0.1, 0.15) is 39.4 Å². The van der Waals surface area contributed by atoms with Crippen molar-refractivity contribution in [2.24, 2.45) is 0 Å². The van der Waals surface area contributed by atoms with Crippen LogP contribution in [-0.2, 0) is 9.53 Å². The zero-order valence-electron chi connectivity index (χ0n) is 15.0. The molecule has 0 aliphatic carbocycles. The van der Waals surface area contributed by atoms with Gasteiger partial charge in [0.25, 0.3) is 0 Å². The molecule has 0 aromatic carbocycles. The topological polar surface area (TPSA) is 150 Å². The van der Waals surface area contributed by atoms with Gasteiger partial charge in [-0.1, -0.05) is 11.8 Å². The van der Waals surface area contributed by atoms with E-state index in [0.717, 1.165) is 23.1 Å². The minimum Gasteiger partial charge on any atom is -0.462 e. The van der Waals surface area contributed by atoms with E-state index < -0.39 is 11.9 Å². The van der Waals surface area contributed by atoms with Crippen LogP contribution in [-0.4, -0.2) is 40.0 Å². The summed E-state index contributed by atoms with van der Waals surface area (Å²) in [5.41, 5.74) is 11.9. The lowest BCUT2D eigenvalue weighted by atomic mass is 10.1. The molecule has 2 heterocycles. The Kier molecular flexibility index (Phi) is 6.75. The van der Waals surface area contributed by atoms with E-state index in [2.05, 4.69) is 15.3 Å². The number of nitrogen functional groups attached to an aromatic ring is 2. The van der Waals surface area contributed by atoms with Crippen LogP contribution < -0.4 is 16.8 Å². The number of nitrogens with two attached hydrogens (primary N) is 2. The molecule has 1 amide bonds. The fourth-order valence-corrected chi connectivity index (χ4v) is 3.98. The van der Waals surface area contributed by atoms with Crippen molar-refractivity contribution >= 4 is 57.4 Å². The van der Waals surface area contributed by atoms with E-state index >= 15 is 0 Å². The zero-order chi connectivity index (χ0) is 20.1. The number of nitrogens with zero attached hydrogens (tertiary/aromatic N) is 2. The summed E-state index contributed by atoms with van der Waals surface area (Å²) in [5.74, 6) is -0.802. The van der Waals surface area contributed by atoms with Gasteiger partial charge in [0.2, 0.25) is 5.91 Å². The van der Waals surface area contributed by atoms with Gasteiger partial charge >= 0.3 is 5.97 Å². The Hall–Kier alpha value is -2.66. The Balaban J connectivity index is 2.17. The first-order valence-corrected chi connectivity index (χ1v) is 9.67. The molecule has 0 aliphatic rings. The maximum atomic E-state index is 12.3. The Morgan fingerprint density at radius 2 is 1.89 bits per heavy atom. The van der Waals surface area contributed by atoms with Gasteiger partial charge in [0.05, 0.1) is 22.8 Å². The summed E-state index contributed by atoms with van der Waals surface area (Å²) in [7, 11) is 0. The van der Waals surface area contributed by atoms with E-state index in [1.807, 2.05) is 0 Å². The fraction of sp³-hybridized carbons (Fsp3) is 0.312. The molecule has 144 valence electrons. The first-order chi connectivity index (χ1) is 12.7. The Labute approximate surface area is 163 Å². The van der Waals surface area contributed by atoms with Gasteiger partial charge in [-0.15, -0.1) is 11.3 Å². The standard InChI is InChI=1S/C16H19N5O4S2/c1-4-25-15(24)12-7(2)13(8(3)22)27-14(12)21-11(23)6-26-16-19-9(17)5-10(18)20-16/h5H,4,6H2,1-3H3,(H,21,23)(H4,17,18,19,20). The number of anilines is 3. The highest BCUT2D eigenvalue weighted by molar-refractivity contribution is 7.99. The second kappa shape index (κ2) is 8.82. The van der Waals surface area contributed by atoms with Crippen LogP contribution in [0.15, 0.2) is 11.2 Å². The van der Waals surface area contributed by atoms with Crippen molar-refractivity contribution in [2.75, 3.05) is 29.1 Å². The number of ketones is 1. The molecule has 5 N–H and O–H groups in total. The van der Waals surface area contributed by atoms with E-state index in [4.69, 9.17) is 16.2 Å². The highest BCUT2D eigenvalue weighted by Gasteiger charge is 2.25. The van der Waals surface area contributed by atoms with Gasteiger partial charge in [0.1, 0.15) is 16.6 Å². The summed E-state index contributed by atoms with van der Waals surface area (Å²) < 4.78 is 5.03. The molecule has 11 heteroatoms. The molecular formula is C16H19N5O4S2. The van der Waals surface area contributed by atoms with Crippen LogP contribution in [0.5, 0.6) is 0 Å². The normalized spacial score (nSPS) is 10.5. The lowest BCUT2D eigenvalue weighted by molar-refractivity contribution is -0.113. The summed E-state index contributed by atoms with van der Waals surface area (Å²) in [6, 6.07) is 1.41. The lowest BCUT2D eigenvalue weighted by Crippen LogP contribution is -2.16. The second-order valence-corrected chi connectivity index (χ2v) is 7.34. The first kappa shape index (κ1) is 20.6. The molecule has 0 bridgehead atoms. The first-order valence-electron chi connectivity index (χ1n) is 7.87. The van der Waals surface area contributed by atoms with Crippen molar-refractivity contribution in [3.8, 4) is 0 Å². The van der Waals surface area contributed by atoms with Gasteiger partial charge in [-0.3, -0.25) is 9.59 Å². The minimum absolute atomic E-state index is 0.0302. The molecule has 0 unspecified atom stereocenters. The highest BCUT2D eigenvalue weighted by atomic mass is 32.2. The van der Waals surface area contributed by atoms with Crippen molar-refractivity contribution in [1.29, 1.82) is 0 Å². The quantitative estimate of drug-likeness (QED) is 0.270. The van der Waals surface area contributed by atoms with Crippen molar-refractivity contribution in [3.63, 3.8) is 0 Å². The monoisotopic (exact) mass is 409 g/mol. The van der Waals surface area contributed by atoms with Gasteiger partial charge < -0.3 is 21.5 Å². The van der Waals surface area contributed by atoms with E-state index in [9.17, 15) is 14.4 Å². The van der Waals surface area contributed by atoms with Gasteiger partial charge in [-0.2, -0.15) is 0 Å². The van der Waals surface area contributed by atoms with Crippen LogP contribution in [0, 0.1) is 6.92 Å². The average molecular weight is 409 g/mol. The molecule has 0 saturated carbocycles. The number of aromatic nitrogens is 2. The number of rotatable bonds is 7. The number of thioether (sulfide) groups is 1. The lowest BCUT2D eigenvalue weighted by Gasteiger charge is -2.07. The molecule has 9 nitrogen and oxygen atoms in total. The Morgan fingerprint density at radius 3 is 2.44 bits per heavy atom. The molecule has 0 fully saturated rings. The number of esters is 1. The molecule has 0 spiro atoms. The minimum atomic E-state index is -0.589. The van der Waals surface area contributed by atoms with Crippen LogP contribution in [0.25, 0.3) is 0 Å². The second-order valence-electron chi connectivity index (χ2n) is 5.37. The SMILES string of the molecule is CCOC(=O)c1c(NC(=O)CSc2nc(N)cc(N)n2)sc(C(C)=O)c1C. The van der Waals surface area contributed by atoms with Gasteiger partial charge in [-0.05, 0) is 26.3 Å². The molecule has 27 heavy (non-hydrogen) atoms. The summed E-state index contributed by atoms with van der Waals surface area (Å²) >= 11 is 2.09. The Bertz CT molecular complexity index is 877. The number of thiophene rings is 1. The molecule has 0 saturated heterocycles. The van der Waals surface area contributed by atoms with Crippen LogP contribution in [0.3, 0.4) is 0 Å². The van der Waals surface area contributed by atoms with Gasteiger partial charge in [-0.25, -0.2) is 14.8 Å². The number of hydrogen-bond donors (Lipinski definition) is 3.